The van der Waals surface area contributed by atoms with E-state index >= 15 is 0 Å². The van der Waals surface area contributed by atoms with E-state index in [1.807, 2.05) is 30.1 Å². The van der Waals surface area contributed by atoms with E-state index < -0.39 is 0 Å². The third-order valence-electron chi connectivity index (χ3n) is 3.42. The first-order valence-electron chi connectivity index (χ1n) is 6.32. The van der Waals surface area contributed by atoms with E-state index in [2.05, 4.69) is 19.2 Å². The normalized spacial score (nSPS) is 15.7. The minimum Gasteiger partial charge on any atom is -0.399 e. The van der Waals surface area contributed by atoms with Crippen LogP contribution in [0.3, 0.4) is 0 Å². The van der Waals surface area contributed by atoms with Crippen LogP contribution in [0.2, 0.25) is 0 Å². The lowest BCUT2D eigenvalue weighted by Crippen LogP contribution is -2.54. The molecule has 18 heavy (non-hydrogen) atoms. The zero-order chi connectivity index (χ0) is 13.3. The van der Waals surface area contributed by atoms with Gasteiger partial charge in [-0.25, -0.2) is 0 Å². The second-order valence-electron chi connectivity index (χ2n) is 5.46. The van der Waals surface area contributed by atoms with Gasteiger partial charge in [0.1, 0.15) is 0 Å². The van der Waals surface area contributed by atoms with E-state index in [0.717, 1.165) is 24.3 Å². The topological polar surface area (TPSA) is 58.4 Å². The van der Waals surface area contributed by atoms with Crippen molar-refractivity contribution in [3.8, 4) is 0 Å². The third kappa shape index (κ3) is 2.20. The number of hydrogen-bond donors (Lipinski definition) is 2. The molecule has 0 aromatic heterocycles. The van der Waals surface area contributed by atoms with Crippen molar-refractivity contribution in [2.45, 2.75) is 32.2 Å². The molecule has 0 spiro atoms. The SMILES string of the molecule is CNCC(C)(C)N1C(=O)CCc2cc(N)ccc21. The minimum atomic E-state index is -0.239. The van der Waals surface area contributed by atoms with E-state index in [4.69, 9.17) is 5.73 Å². The van der Waals surface area contributed by atoms with Gasteiger partial charge in [-0.3, -0.25) is 4.79 Å². The fourth-order valence-electron chi connectivity index (χ4n) is 2.69. The molecule has 1 amide bonds. The van der Waals surface area contributed by atoms with E-state index in [1.165, 1.54) is 5.56 Å². The maximum absolute atomic E-state index is 12.2. The van der Waals surface area contributed by atoms with Crippen LogP contribution >= 0.6 is 0 Å². The monoisotopic (exact) mass is 247 g/mol. The first-order valence-corrected chi connectivity index (χ1v) is 6.32. The Morgan fingerprint density at radius 3 is 2.78 bits per heavy atom. The highest BCUT2D eigenvalue weighted by molar-refractivity contribution is 5.98. The average Bonchev–Trinajstić information content (AvgIpc) is 2.28. The lowest BCUT2D eigenvalue weighted by atomic mass is 9.93. The van der Waals surface area contributed by atoms with Crippen molar-refractivity contribution in [1.82, 2.24) is 5.32 Å². The van der Waals surface area contributed by atoms with Crippen LogP contribution in [0.5, 0.6) is 0 Å². The van der Waals surface area contributed by atoms with Gasteiger partial charge in [0.2, 0.25) is 5.91 Å². The molecule has 2 rings (SSSR count). The van der Waals surface area contributed by atoms with E-state index in [9.17, 15) is 4.79 Å². The summed E-state index contributed by atoms with van der Waals surface area (Å²) < 4.78 is 0. The standard InChI is InChI=1S/C14H21N3O/c1-14(2,9-16-3)17-12-6-5-11(15)8-10(12)4-7-13(17)18/h5-6,8,16H,4,7,9,15H2,1-3H3. The molecule has 0 atom stereocenters. The van der Waals surface area contributed by atoms with Gasteiger partial charge >= 0.3 is 0 Å². The number of aryl methyl sites for hydroxylation is 1. The highest BCUT2D eigenvalue weighted by Gasteiger charge is 2.35. The summed E-state index contributed by atoms with van der Waals surface area (Å²) in [6.07, 6.45) is 1.34. The molecule has 4 heteroatoms. The molecule has 4 nitrogen and oxygen atoms in total. The van der Waals surface area contributed by atoms with Crippen LogP contribution in [-0.4, -0.2) is 25.0 Å². The van der Waals surface area contributed by atoms with Gasteiger partial charge in [-0.2, -0.15) is 0 Å². The quantitative estimate of drug-likeness (QED) is 0.797. The molecule has 0 saturated heterocycles. The number of nitrogens with one attached hydrogen (secondary N) is 1. The first kappa shape index (κ1) is 12.9. The molecule has 0 radical (unpaired) electrons. The van der Waals surface area contributed by atoms with Crippen molar-refractivity contribution in [2.75, 3.05) is 24.2 Å². The van der Waals surface area contributed by atoms with Crippen molar-refractivity contribution >= 4 is 17.3 Å². The van der Waals surface area contributed by atoms with Gasteiger partial charge in [-0.1, -0.05) is 0 Å². The fraction of sp³-hybridized carbons (Fsp3) is 0.500. The van der Waals surface area contributed by atoms with Gasteiger partial charge in [-0.15, -0.1) is 0 Å². The summed E-state index contributed by atoms with van der Waals surface area (Å²) in [4.78, 5) is 14.1. The maximum atomic E-state index is 12.2. The number of nitrogens with zero attached hydrogens (tertiary/aromatic N) is 1. The number of likely N-dealkylation sites (N-methyl/N-ethyl adjacent to an activating group) is 1. The zero-order valence-electron chi connectivity index (χ0n) is 11.3. The minimum absolute atomic E-state index is 0.188. The Morgan fingerprint density at radius 1 is 1.39 bits per heavy atom. The number of benzene rings is 1. The molecule has 0 bridgehead atoms. The van der Waals surface area contributed by atoms with E-state index in [1.54, 1.807) is 0 Å². The Labute approximate surface area is 108 Å². The average molecular weight is 247 g/mol. The number of hydrogen-bond acceptors (Lipinski definition) is 3. The largest absolute Gasteiger partial charge is 0.399 e. The number of carbonyl (C=O) groups excluding carboxylic acids is 1. The Balaban J connectivity index is 2.45. The lowest BCUT2D eigenvalue weighted by Gasteiger charge is -2.42. The van der Waals surface area contributed by atoms with Gasteiger partial charge in [0, 0.05) is 24.3 Å². The molecular weight excluding hydrogens is 226 g/mol. The molecule has 1 aromatic rings. The molecule has 1 aliphatic rings. The Bertz CT molecular complexity index is 468. The summed E-state index contributed by atoms with van der Waals surface area (Å²) in [5, 5.41) is 3.15. The van der Waals surface area contributed by atoms with Crippen LogP contribution in [0.25, 0.3) is 0 Å². The predicted molar refractivity (Wildman–Crippen MR) is 74.7 cm³/mol. The first-order chi connectivity index (χ1) is 8.45. The van der Waals surface area contributed by atoms with Crippen molar-refractivity contribution in [3.05, 3.63) is 23.8 Å². The van der Waals surface area contributed by atoms with Gasteiger partial charge in [0.05, 0.1) is 5.54 Å². The molecule has 0 saturated carbocycles. The molecular formula is C14H21N3O. The number of fused-ring (bicyclic) bond motifs is 1. The van der Waals surface area contributed by atoms with Crippen molar-refractivity contribution in [2.24, 2.45) is 0 Å². The summed E-state index contributed by atoms with van der Waals surface area (Å²) in [6.45, 7) is 4.91. The van der Waals surface area contributed by atoms with E-state index in [0.29, 0.717) is 6.42 Å². The number of anilines is 2. The predicted octanol–water partition coefficient (Wildman–Crippen LogP) is 1.55. The second-order valence-corrected chi connectivity index (χ2v) is 5.46. The molecule has 0 fully saturated rings. The molecule has 3 N–H and O–H groups in total. The van der Waals surface area contributed by atoms with Gasteiger partial charge in [0.15, 0.2) is 0 Å². The van der Waals surface area contributed by atoms with Gasteiger partial charge < -0.3 is 16.0 Å². The maximum Gasteiger partial charge on any atom is 0.227 e. The molecule has 0 unspecified atom stereocenters. The molecule has 1 heterocycles. The lowest BCUT2D eigenvalue weighted by molar-refractivity contribution is -0.120. The molecule has 0 aliphatic carbocycles. The Kier molecular flexibility index (Phi) is 3.30. The number of nitrogens with two attached hydrogens (primary N) is 1. The number of rotatable bonds is 3. The van der Waals surface area contributed by atoms with Gasteiger partial charge in [0.25, 0.3) is 0 Å². The molecule has 98 valence electrons. The van der Waals surface area contributed by atoms with Crippen LogP contribution in [-0.2, 0) is 11.2 Å². The summed E-state index contributed by atoms with van der Waals surface area (Å²) in [5.74, 6) is 0.188. The third-order valence-corrected chi connectivity index (χ3v) is 3.42. The van der Waals surface area contributed by atoms with Crippen molar-refractivity contribution in [3.63, 3.8) is 0 Å². The Hall–Kier alpha value is -1.55. The molecule has 1 aliphatic heterocycles. The van der Waals surface area contributed by atoms with Gasteiger partial charge in [-0.05, 0) is 51.1 Å². The number of amides is 1. The van der Waals surface area contributed by atoms with Crippen molar-refractivity contribution in [1.29, 1.82) is 0 Å². The highest BCUT2D eigenvalue weighted by atomic mass is 16.2. The fourth-order valence-corrected chi connectivity index (χ4v) is 2.69. The summed E-state index contributed by atoms with van der Waals surface area (Å²) >= 11 is 0. The van der Waals surface area contributed by atoms with E-state index in [-0.39, 0.29) is 11.4 Å². The Morgan fingerprint density at radius 2 is 2.11 bits per heavy atom. The van der Waals surface area contributed by atoms with Crippen LogP contribution in [0.4, 0.5) is 11.4 Å². The number of carbonyl (C=O) groups is 1. The highest BCUT2D eigenvalue weighted by Crippen LogP contribution is 2.34. The van der Waals surface area contributed by atoms with Crippen LogP contribution in [0, 0.1) is 0 Å². The summed E-state index contributed by atoms with van der Waals surface area (Å²) in [7, 11) is 1.90. The zero-order valence-corrected chi connectivity index (χ0v) is 11.3. The van der Waals surface area contributed by atoms with Crippen LogP contribution < -0.4 is 16.0 Å². The summed E-state index contributed by atoms with van der Waals surface area (Å²) in [6, 6.07) is 5.79. The smallest absolute Gasteiger partial charge is 0.227 e. The number of nitrogen functional groups attached to an aromatic ring is 1. The summed E-state index contributed by atoms with van der Waals surface area (Å²) in [5.41, 5.74) is 8.50. The van der Waals surface area contributed by atoms with Crippen LogP contribution in [0.15, 0.2) is 18.2 Å². The van der Waals surface area contributed by atoms with Crippen molar-refractivity contribution < 1.29 is 4.79 Å². The second kappa shape index (κ2) is 4.61. The van der Waals surface area contributed by atoms with Crippen LogP contribution in [0.1, 0.15) is 25.8 Å². The molecule has 1 aromatic carbocycles.